The van der Waals surface area contributed by atoms with E-state index in [1.165, 1.54) is 0 Å². The Morgan fingerprint density at radius 1 is 1.27 bits per heavy atom. The van der Waals surface area contributed by atoms with Gasteiger partial charge in [-0.05, 0) is 5.56 Å². The molecule has 0 radical (unpaired) electrons. The van der Waals surface area contributed by atoms with Gasteiger partial charge in [-0.25, -0.2) is 0 Å². The van der Waals surface area contributed by atoms with Gasteiger partial charge in [-0.1, -0.05) is 30.3 Å². The molecule has 0 saturated carbocycles. The summed E-state index contributed by atoms with van der Waals surface area (Å²) in [6.07, 6.45) is 3.66. The number of benzene rings is 1. The summed E-state index contributed by atoms with van der Waals surface area (Å²) in [5.41, 5.74) is 7.45. The summed E-state index contributed by atoms with van der Waals surface area (Å²) in [4.78, 5) is 0. The van der Waals surface area contributed by atoms with E-state index in [1.54, 1.807) is 10.9 Å². The third-order valence-electron chi connectivity index (χ3n) is 2.07. The third kappa shape index (κ3) is 2.22. The molecule has 0 bridgehead atoms. The fourth-order valence-electron chi connectivity index (χ4n) is 1.40. The molecule has 0 unspecified atom stereocenters. The van der Waals surface area contributed by atoms with Gasteiger partial charge >= 0.3 is 0 Å². The molecule has 0 atom stereocenters. The number of rotatable bonds is 3. The lowest BCUT2D eigenvalue weighted by Crippen LogP contribution is -2.17. The van der Waals surface area contributed by atoms with Crippen molar-refractivity contribution in [2.45, 2.75) is 6.54 Å². The zero-order valence-electron chi connectivity index (χ0n) is 8.22. The second kappa shape index (κ2) is 3.96. The predicted octanol–water partition coefficient (Wildman–Crippen LogP) is 1.49. The minimum Gasteiger partial charge on any atom is -0.386 e. The quantitative estimate of drug-likeness (QED) is 0.582. The Morgan fingerprint density at radius 2 is 2.00 bits per heavy atom. The molecule has 2 rings (SSSR count). The lowest BCUT2D eigenvalue weighted by molar-refractivity contribution is 0.718. The van der Waals surface area contributed by atoms with Crippen LogP contribution in [0, 0.1) is 5.41 Å². The molecule has 1 heterocycles. The summed E-state index contributed by atoms with van der Waals surface area (Å²) >= 11 is 0. The zero-order valence-corrected chi connectivity index (χ0v) is 8.22. The molecule has 0 fully saturated rings. The van der Waals surface area contributed by atoms with E-state index in [9.17, 15) is 0 Å². The molecule has 1 aromatic carbocycles. The highest BCUT2D eigenvalue weighted by Gasteiger charge is 2.01. The maximum absolute atomic E-state index is 7.16. The van der Waals surface area contributed by atoms with Crippen molar-refractivity contribution >= 4 is 5.84 Å². The Morgan fingerprint density at radius 3 is 2.67 bits per heavy atom. The van der Waals surface area contributed by atoms with E-state index in [0.29, 0.717) is 6.54 Å². The summed E-state index contributed by atoms with van der Waals surface area (Å²) in [6.45, 7) is 0.340. The van der Waals surface area contributed by atoms with Crippen molar-refractivity contribution in [3.8, 4) is 11.1 Å². The molecule has 4 nitrogen and oxygen atoms in total. The molecule has 0 spiro atoms. The van der Waals surface area contributed by atoms with Crippen molar-refractivity contribution in [2.24, 2.45) is 5.73 Å². The molecule has 0 aliphatic rings. The van der Waals surface area contributed by atoms with E-state index in [0.717, 1.165) is 11.1 Å². The first-order valence-electron chi connectivity index (χ1n) is 4.66. The summed E-state index contributed by atoms with van der Waals surface area (Å²) < 4.78 is 1.66. The van der Waals surface area contributed by atoms with Gasteiger partial charge in [-0.2, -0.15) is 5.10 Å². The first-order chi connectivity index (χ1) is 7.25. The van der Waals surface area contributed by atoms with Crippen LogP contribution in [0.5, 0.6) is 0 Å². The lowest BCUT2D eigenvalue weighted by atomic mass is 10.1. The van der Waals surface area contributed by atoms with E-state index in [4.69, 9.17) is 11.1 Å². The fraction of sp³-hybridized carbons (Fsp3) is 0.0909. The SMILES string of the molecule is N=C(N)Cn1cc(-c2ccccc2)cn1. The highest BCUT2D eigenvalue weighted by molar-refractivity contribution is 5.76. The van der Waals surface area contributed by atoms with Crippen LogP contribution in [-0.4, -0.2) is 15.6 Å². The summed E-state index contributed by atoms with van der Waals surface area (Å²) in [6, 6.07) is 9.99. The molecular formula is C11H12N4. The smallest absolute Gasteiger partial charge is 0.113 e. The molecule has 3 N–H and O–H groups in total. The van der Waals surface area contributed by atoms with Gasteiger partial charge in [0, 0.05) is 11.8 Å². The van der Waals surface area contributed by atoms with Crippen LogP contribution in [0.15, 0.2) is 42.7 Å². The van der Waals surface area contributed by atoms with Crippen LogP contribution in [0.3, 0.4) is 0 Å². The van der Waals surface area contributed by atoms with Crippen molar-refractivity contribution in [1.29, 1.82) is 5.41 Å². The van der Waals surface area contributed by atoms with Crippen LogP contribution in [0.2, 0.25) is 0 Å². The van der Waals surface area contributed by atoms with Crippen LogP contribution in [0.1, 0.15) is 0 Å². The standard InChI is InChI=1S/C11H12N4/c12-11(13)8-15-7-10(6-14-15)9-4-2-1-3-5-9/h1-7H,8H2,(H3,12,13). The molecule has 0 aliphatic carbocycles. The fourth-order valence-corrected chi connectivity index (χ4v) is 1.40. The molecule has 0 aliphatic heterocycles. The molecular weight excluding hydrogens is 188 g/mol. The van der Waals surface area contributed by atoms with Gasteiger partial charge in [0.25, 0.3) is 0 Å². The van der Waals surface area contributed by atoms with Crippen LogP contribution in [0.25, 0.3) is 11.1 Å². The number of nitrogens with one attached hydrogen (secondary N) is 1. The Labute approximate surface area is 87.9 Å². The van der Waals surface area contributed by atoms with Gasteiger partial charge in [0.15, 0.2) is 0 Å². The van der Waals surface area contributed by atoms with Crippen LogP contribution >= 0.6 is 0 Å². The third-order valence-corrected chi connectivity index (χ3v) is 2.07. The molecule has 2 aromatic rings. The van der Waals surface area contributed by atoms with Crippen LogP contribution in [-0.2, 0) is 6.54 Å². The Bertz CT molecular complexity index is 458. The van der Waals surface area contributed by atoms with Gasteiger partial charge in [-0.15, -0.1) is 0 Å². The highest BCUT2D eigenvalue weighted by Crippen LogP contribution is 2.17. The average molecular weight is 200 g/mol. The summed E-state index contributed by atoms with van der Waals surface area (Å²) in [5, 5.41) is 11.3. The molecule has 15 heavy (non-hydrogen) atoms. The number of nitrogens with zero attached hydrogens (tertiary/aromatic N) is 2. The van der Waals surface area contributed by atoms with E-state index in [-0.39, 0.29) is 5.84 Å². The second-order valence-electron chi connectivity index (χ2n) is 3.32. The minimum atomic E-state index is 0.109. The normalized spacial score (nSPS) is 10.1. The Hall–Kier alpha value is -2.10. The number of hydrogen-bond donors (Lipinski definition) is 2. The van der Waals surface area contributed by atoms with Gasteiger partial charge in [0.05, 0.1) is 12.7 Å². The van der Waals surface area contributed by atoms with E-state index >= 15 is 0 Å². The number of aromatic nitrogens is 2. The van der Waals surface area contributed by atoms with Crippen molar-refractivity contribution in [2.75, 3.05) is 0 Å². The van der Waals surface area contributed by atoms with Crippen LogP contribution < -0.4 is 5.73 Å². The van der Waals surface area contributed by atoms with E-state index in [2.05, 4.69) is 5.10 Å². The number of hydrogen-bond acceptors (Lipinski definition) is 2. The Balaban J connectivity index is 2.24. The summed E-state index contributed by atoms with van der Waals surface area (Å²) in [7, 11) is 0. The van der Waals surface area contributed by atoms with Crippen molar-refractivity contribution in [3.05, 3.63) is 42.7 Å². The maximum atomic E-state index is 7.16. The molecule has 1 aromatic heterocycles. The van der Waals surface area contributed by atoms with E-state index in [1.807, 2.05) is 36.5 Å². The van der Waals surface area contributed by atoms with Gasteiger partial charge < -0.3 is 5.73 Å². The first kappa shape index (κ1) is 9.45. The monoisotopic (exact) mass is 200 g/mol. The second-order valence-corrected chi connectivity index (χ2v) is 3.32. The van der Waals surface area contributed by atoms with Gasteiger partial charge in [-0.3, -0.25) is 10.1 Å². The topological polar surface area (TPSA) is 67.7 Å². The highest BCUT2D eigenvalue weighted by atomic mass is 15.3. The predicted molar refractivity (Wildman–Crippen MR) is 59.6 cm³/mol. The van der Waals surface area contributed by atoms with Crippen molar-refractivity contribution < 1.29 is 0 Å². The zero-order chi connectivity index (χ0) is 10.7. The lowest BCUT2D eigenvalue weighted by Gasteiger charge is -1.97. The van der Waals surface area contributed by atoms with Gasteiger partial charge in [0.2, 0.25) is 0 Å². The summed E-state index contributed by atoms with van der Waals surface area (Å²) in [5.74, 6) is 0.109. The largest absolute Gasteiger partial charge is 0.386 e. The first-order valence-corrected chi connectivity index (χ1v) is 4.66. The van der Waals surface area contributed by atoms with Gasteiger partial charge in [0.1, 0.15) is 5.84 Å². The van der Waals surface area contributed by atoms with Crippen LogP contribution in [0.4, 0.5) is 0 Å². The molecule has 76 valence electrons. The average Bonchev–Trinajstić information content (AvgIpc) is 2.67. The molecule has 4 heteroatoms. The Kier molecular flexibility index (Phi) is 2.49. The molecule has 0 amide bonds. The van der Waals surface area contributed by atoms with E-state index < -0.39 is 0 Å². The maximum Gasteiger partial charge on any atom is 0.113 e. The minimum absolute atomic E-state index is 0.109. The van der Waals surface area contributed by atoms with Crippen molar-refractivity contribution in [1.82, 2.24) is 9.78 Å². The number of amidine groups is 1. The van der Waals surface area contributed by atoms with Crippen molar-refractivity contribution in [3.63, 3.8) is 0 Å². The molecule has 0 saturated heterocycles. The number of nitrogens with two attached hydrogens (primary N) is 1.